The van der Waals surface area contributed by atoms with Crippen LogP contribution in [0.5, 0.6) is 5.75 Å². The maximum absolute atomic E-state index is 13.7. The minimum atomic E-state index is -4.19. The van der Waals surface area contributed by atoms with Crippen molar-refractivity contribution < 1.29 is 22.7 Å². The Bertz CT molecular complexity index is 1550. The van der Waals surface area contributed by atoms with E-state index in [1.807, 2.05) is 61.0 Å². The summed E-state index contributed by atoms with van der Waals surface area (Å²) in [7, 11) is -2.63. The van der Waals surface area contributed by atoms with Crippen molar-refractivity contribution in [3.8, 4) is 5.75 Å². The van der Waals surface area contributed by atoms with Crippen LogP contribution in [0.15, 0.2) is 90.0 Å². The molecule has 0 aliphatic heterocycles. The second kappa shape index (κ2) is 12.0. The number of hydrogen-bond donors (Lipinski definition) is 2. The zero-order chi connectivity index (χ0) is 28.0. The van der Waals surface area contributed by atoms with Crippen molar-refractivity contribution in [2.75, 3.05) is 18.6 Å². The van der Waals surface area contributed by atoms with E-state index in [-0.39, 0.29) is 17.2 Å². The largest absolute Gasteiger partial charge is 0.497 e. The average molecular weight is 549 g/mol. The van der Waals surface area contributed by atoms with Gasteiger partial charge in [0.25, 0.3) is 10.0 Å². The highest BCUT2D eigenvalue weighted by atomic mass is 32.2. The third kappa shape index (κ3) is 6.40. The number of carbonyl (C=O) groups excluding carboxylic acids is 2. The van der Waals surface area contributed by atoms with Crippen molar-refractivity contribution in [1.82, 2.24) is 14.6 Å². The molecule has 0 bridgehead atoms. The summed E-state index contributed by atoms with van der Waals surface area (Å²) in [4.78, 5) is 28.2. The van der Waals surface area contributed by atoms with Crippen molar-refractivity contribution in [3.63, 3.8) is 0 Å². The van der Waals surface area contributed by atoms with Gasteiger partial charge in [-0.2, -0.15) is 0 Å². The first kappa shape index (κ1) is 27.7. The van der Waals surface area contributed by atoms with Crippen LogP contribution in [0.3, 0.4) is 0 Å². The molecule has 1 unspecified atom stereocenters. The number of ether oxygens (including phenoxy) is 1. The lowest BCUT2D eigenvalue weighted by atomic mass is 10.0. The molecule has 10 heteroatoms. The predicted octanol–water partition coefficient (Wildman–Crippen LogP) is 4.32. The Labute approximate surface area is 228 Å². The van der Waals surface area contributed by atoms with Gasteiger partial charge in [-0.15, -0.1) is 0 Å². The molecule has 4 aromatic rings. The first-order chi connectivity index (χ1) is 18.7. The number of fused-ring (bicyclic) bond motifs is 1. The molecule has 0 saturated carbocycles. The molecule has 0 aliphatic carbocycles. The Morgan fingerprint density at radius 2 is 1.69 bits per heavy atom. The van der Waals surface area contributed by atoms with Crippen LogP contribution >= 0.6 is 0 Å². The molecule has 0 radical (unpaired) electrons. The summed E-state index contributed by atoms with van der Waals surface area (Å²) in [5.74, 6) is 0.275. The molecule has 2 N–H and O–H groups in total. The van der Waals surface area contributed by atoms with Gasteiger partial charge in [0, 0.05) is 42.3 Å². The number of hydrogen-bond acceptors (Lipinski definition) is 5. The number of nitrogens with one attached hydrogen (secondary N) is 2. The zero-order valence-corrected chi connectivity index (χ0v) is 22.9. The number of nitrogens with zero attached hydrogens (tertiary/aromatic N) is 2. The molecule has 1 atom stereocenters. The molecule has 0 spiro atoms. The number of aryl methyl sites for hydroxylation is 1. The van der Waals surface area contributed by atoms with Gasteiger partial charge in [0.1, 0.15) is 11.8 Å². The quantitative estimate of drug-likeness (QED) is 0.307. The number of urea groups is 1. The van der Waals surface area contributed by atoms with Crippen LogP contribution in [0.2, 0.25) is 0 Å². The SMILES string of the molecule is CCN(C(=O)C(Cc1ccccc1)NC(=O)NS(=O)(=O)c1ccc2c(ccn2CC)c1)c1ccc(OC)cc1. The molecule has 39 heavy (non-hydrogen) atoms. The topological polar surface area (TPSA) is 110 Å². The van der Waals surface area contributed by atoms with Gasteiger partial charge in [-0.1, -0.05) is 30.3 Å². The minimum absolute atomic E-state index is 0.0432. The van der Waals surface area contributed by atoms with E-state index in [1.54, 1.807) is 37.4 Å². The number of carbonyl (C=O) groups is 2. The zero-order valence-electron chi connectivity index (χ0n) is 22.1. The van der Waals surface area contributed by atoms with Crippen LogP contribution in [-0.4, -0.2) is 44.6 Å². The number of anilines is 1. The first-order valence-corrected chi connectivity index (χ1v) is 14.2. The number of likely N-dealkylation sites (N-methyl/N-ethyl adjacent to an activating group) is 1. The molecule has 0 saturated heterocycles. The van der Waals surface area contributed by atoms with Crippen LogP contribution < -0.4 is 19.7 Å². The highest BCUT2D eigenvalue weighted by Gasteiger charge is 2.28. The fraction of sp³-hybridized carbons (Fsp3) is 0.241. The summed E-state index contributed by atoms with van der Waals surface area (Å²) in [6, 6.07) is 20.7. The average Bonchev–Trinajstić information content (AvgIpc) is 3.36. The predicted molar refractivity (Wildman–Crippen MR) is 151 cm³/mol. The van der Waals surface area contributed by atoms with E-state index >= 15 is 0 Å². The molecule has 204 valence electrons. The van der Waals surface area contributed by atoms with Crippen molar-refractivity contribution in [1.29, 1.82) is 0 Å². The highest BCUT2D eigenvalue weighted by Crippen LogP contribution is 2.22. The number of aromatic nitrogens is 1. The lowest BCUT2D eigenvalue weighted by Gasteiger charge is -2.27. The van der Waals surface area contributed by atoms with E-state index in [9.17, 15) is 18.0 Å². The van der Waals surface area contributed by atoms with Crippen LogP contribution in [0, 0.1) is 0 Å². The summed E-state index contributed by atoms with van der Waals surface area (Å²) in [6.45, 7) is 4.92. The lowest BCUT2D eigenvalue weighted by molar-refractivity contribution is -0.120. The van der Waals surface area contributed by atoms with Gasteiger partial charge in [-0.3, -0.25) is 4.79 Å². The maximum Gasteiger partial charge on any atom is 0.329 e. The molecule has 9 nitrogen and oxygen atoms in total. The van der Waals surface area contributed by atoms with Gasteiger partial charge in [-0.25, -0.2) is 17.9 Å². The summed E-state index contributed by atoms with van der Waals surface area (Å²) in [5.41, 5.74) is 2.34. The molecule has 1 heterocycles. The number of amides is 3. The Kier molecular flexibility index (Phi) is 8.55. The molecule has 0 fully saturated rings. The van der Waals surface area contributed by atoms with E-state index in [1.165, 1.54) is 17.0 Å². The van der Waals surface area contributed by atoms with Gasteiger partial charge in [0.15, 0.2) is 0 Å². The molecule has 4 rings (SSSR count). The second-order valence-corrected chi connectivity index (χ2v) is 10.6. The van der Waals surface area contributed by atoms with Gasteiger partial charge >= 0.3 is 6.03 Å². The Morgan fingerprint density at radius 1 is 0.974 bits per heavy atom. The molecule has 3 amide bonds. The van der Waals surface area contributed by atoms with Gasteiger partial charge < -0.3 is 19.5 Å². The van der Waals surface area contributed by atoms with Gasteiger partial charge in [0.05, 0.1) is 12.0 Å². The Balaban J connectivity index is 1.56. The molecule has 1 aromatic heterocycles. The van der Waals surface area contributed by atoms with Crippen LogP contribution in [0.1, 0.15) is 19.4 Å². The normalized spacial score (nSPS) is 12.1. The molecular formula is C29H32N4O5S. The molecule has 3 aromatic carbocycles. The first-order valence-electron chi connectivity index (χ1n) is 12.7. The lowest BCUT2D eigenvalue weighted by Crippen LogP contribution is -2.53. The van der Waals surface area contributed by atoms with Gasteiger partial charge in [-0.05, 0) is 67.9 Å². The Hall–Kier alpha value is -4.31. The minimum Gasteiger partial charge on any atom is -0.497 e. The van der Waals surface area contributed by atoms with E-state index in [0.29, 0.717) is 18.0 Å². The Morgan fingerprint density at radius 3 is 2.33 bits per heavy atom. The number of sulfonamides is 1. The van der Waals surface area contributed by atoms with Crippen molar-refractivity contribution >= 4 is 38.6 Å². The van der Waals surface area contributed by atoms with E-state index in [2.05, 4.69) is 10.0 Å². The van der Waals surface area contributed by atoms with Crippen LogP contribution in [0.25, 0.3) is 10.9 Å². The van der Waals surface area contributed by atoms with Crippen LogP contribution in [-0.2, 0) is 27.8 Å². The summed E-state index contributed by atoms with van der Waals surface area (Å²) in [5, 5.41) is 3.35. The standard InChI is InChI=1S/C29H32N4O5S/c1-4-32-18-17-22-20-25(15-16-27(22)32)39(36,37)31-29(35)30-26(19-21-9-7-6-8-10-21)28(34)33(5-2)23-11-13-24(38-3)14-12-23/h6-18,20,26H,4-5,19H2,1-3H3,(H2,30,31,35). The van der Waals surface area contributed by atoms with E-state index in [4.69, 9.17) is 4.74 Å². The maximum atomic E-state index is 13.7. The number of rotatable bonds is 10. The molecular weight excluding hydrogens is 516 g/mol. The van der Waals surface area contributed by atoms with Crippen molar-refractivity contribution in [2.45, 2.75) is 37.8 Å². The smallest absolute Gasteiger partial charge is 0.329 e. The van der Waals surface area contributed by atoms with Crippen molar-refractivity contribution in [3.05, 3.63) is 90.6 Å². The number of benzene rings is 3. The van der Waals surface area contributed by atoms with Crippen molar-refractivity contribution in [2.24, 2.45) is 0 Å². The number of methoxy groups -OCH3 is 1. The third-order valence-electron chi connectivity index (χ3n) is 6.47. The summed E-state index contributed by atoms with van der Waals surface area (Å²) >= 11 is 0. The second-order valence-electron chi connectivity index (χ2n) is 8.92. The molecule has 0 aliphatic rings. The monoisotopic (exact) mass is 548 g/mol. The summed E-state index contributed by atoms with van der Waals surface area (Å²) in [6.07, 6.45) is 2.06. The fourth-order valence-corrected chi connectivity index (χ4v) is 5.41. The van der Waals surface area contributed by atoms with Crippen LogP contribution in [0.4, 0.5) is 10.5 Å². The van der Waals surface area contributed by atoms with E-state index < -0.39 is 22.1 Å². The van der Waals surface area contributed by atoms with Gasteiger partial charge in [0.2, 0.25) is 5.91 Å². The van der Waals surface area contributed by atoms with E-state index in [0.717, 1.165) is 23.0 Å². The highest BCUT2D eigenvalue weighted by molar-refractivity contribution is 7.90. The summed E-state index contributed by atoms with van der Waals surface area (Å²) < 4.78 is 35.4. The fourth-order valence-electron chi connectivity index (χ4n) is 4.46. The third-order valence-corrected chi connectivity index (χ3v) is 7.80.